The normalized spacial score (nSPS) is 20.6. The van der Waals surface area contributed by atoms with Crippen molar-refractivity contribution in [3.8, 4) is 0 Å². The van der Waals surface area contributed by atoms with Crippen LogP contribution in [0.2, 0.25) is 5.02 Å². The summed E-state index contributed by atoms with van der Waals surface area (Å²) in [4.78, 5) is 7.18. The topological polar surface area (TPSA) is 36.4 Å². The Morgan fingerprint density at radius 2 is 1.93 bits per heavy atom. The van der Waals surface area contributed by atoms with Gasteiger partial charge in [0.05, 0.1) is 23.3 Å². The van der Waals surface area contributed by atoms with Crippen molar-refractivity contribution in [1.82, 2.24) is 4.98 Å². The summed E-state index contributed by atoms with van der Waals surface area (Å²) in [7, 11) is 0. The van der Waals surface area contributed by atoms with Gasteiger partial charge in [0.25, 0.3) is 0 Å². The molecule has 2 atom stereocenters. The molecule has 2 unspecified atom stereocenters. The number of aromatic nitrogens is 1. The number of pyridine rings is 1. The second-order valence-corrected chi connectivity index (χ2v) is 8.71. The van der Waals surface area contributed by atoms with Crippen LogP contribution in [0.5, 0.6) is 0 Å². The van der Waals surface area contributed by atoms with Crippen LogP contribution in [0.15, 0.2) is 55.4 Å². The van der Waals surface area contributed by atoms with Crippen molar-refractivity contribution < 1.29 is 5.11 Å². The molecule has 2 saturated carbocycles. The molecule has 0 saturated heterocycles. The minimum Gasteiger partial charge on any atom is -0.513 e. The number of rotatable bonds is 8. The van der Waals surface area contributed by atoms with Crippen molar-refractivity contribution in [2.75, 3.05) is 11.4 Å². The maximum Gasteiger partial charge on any atom is 0.0888 e. The van der Waals surface area contributed by atoms with Gasteiger partial charge in [0.1, 0.15) is 0 Å². The van der Waals surface area contributed by atoms with E-state index in [1.807, 2.05) is 18.3 Å². The molecule has 2 aromatic rings. The van der Waals surface area contributed by atoms with Gasteiger partial charge in [-0.25, -0.2) is 0 Å². The van der Waals surface area contributed by atoms with E-state index >= 15 is 0 Å². The molecular formula is C24H27ClN2O. The third-order valence-corrected chi connectivity index (χ3v) is 6.11. The zero-order chi connectivity index (χ0) is 19.8. The maximum atomic E-state index is 9.62. The van der Waals surface area contributed by atoms with Crippen LogP contribution in [0.1, 0.15) is 36.1 Å². The summed E-state index contributed by atoms with van der Waals surface area (Å²) in [6.07, 6.45) is 5.51. The summed E-state index contributed by atoms with van der Waals surface area (Å²) >= 11 is 6.03. The van der Waals surface area contributed by atoms with Gasteiger partial charge in [0.2, 0.25) is 0 Å². The summed E-state index contributed by atoms with van der Waals surface area (Å²) in [5, 5.41) is 10.4. The molecule has 1 heterocycles. The lowest BCUT2D eigenvalue weighted by Gasteiger charge is -2.26. The molecule has 3 nitrogen and oxygen atoms in total. The number of hydrogen-bond donors (Lipinski definition) is 1. The van der Waals surface area contributed by atoms with Gasteiger partial charge in [-0.3, -0.25) is 4.98 Å². The number of anilines is 1. The van der Waals surface area contributed by atoms with Gasteiger partial charge >= 0.3 is 0 Å². The number of aliphatic hydroxyl groups is 1. The summed E-state index contributed by atoms with van der Waals surface area (Å²) in [6.45, 7) is 11.9. The van der Waals surface area contributed by atoms with Crippen molar-refractivity contribution in [2.45, 2.75) is 32.7 Å². The lowest BCUT2D eigenvalue weighted by molar-refractivity contribution is 0.379. The summed E-state index contributed by atoms with van der Waals surface area (Å²) in [6, 6.07) is 10.3. The van der Waals surface area contributed by atoms with Crippen molar-refractivity contribution in [1.29, 1.82) is 0 Å². The monoisotopic (exact) mass is 394 g/mol. The molecule has 0 bridgehead atoms. The van der Waals surface area contributed by atoms with Crippen LogP contribution in [0.25, 0.3) is 5.57 Å². The van der Waals surface area contributed by atoms with E-state index in [-0.39, 0.29) is 17.6 Å². The number of aliphatic hydroxyl groups excluding tert-OH is 1. The molecule has 28 heavy (non-hydrogen) atoms. The van der Waals surface area contributed by atoms with Crippen LogP contribution < -0.4 is 4.90 Å². The molecule has 1 aromatic carbocycles. The Morgan fingerprint density at radius 1 is 1.21 bits per heavy atom. The first kappa shape index (κ1) is 19.1. The Morgan fingerprint density at radius 3 is 2.50 bits per heavy atom. The van der Waals surface area contributed by atoms with E-state index in [0.29, 0.717) is 0 Å². The van der Waals surface area contributed by atoms with E-state index in [0.717, 1.165) is 53.0 Å². The smallest absolute Gasteiger partial charge is 0.0888 e. The fourth-order valence-corrected chi connectivity index (χ4v) is 4.00. The van der Waals surface area contributed by atoms with Gasteiger partial charge < -0.3 is 10.0 Å². The van der Waals surface area contributed by atoms with Crippen molar-refractivity contribution in [3.63, 3.8) is 0 Å². The summed E-state index contributed by atoms with van der Waals surface area (Å²) in [5.74, 6) is 1.46. The van der Waals surface area contributed by atoms with E-state index in [1.54, 1.807) is 0 Å². The number of halogens is 1. The standard InChI is InChI=1S/C24H27ClN2O/c1-15-10-21(12-26-24(15)16(2)22-11-23(22)17(3)28)27(13-18-4-5-18)14-19-6-8-20(25)9-7-19/h6-10,12,18,22-23,28H,2-5,11,13-14H2,1H3. The third kappa shape index (κ3) is 4.25. The molecule has 4 heteroatoms. The number of nitrogens with zero attached hydrogens (tertiary/aromatic N) is 2. The van der Waals surface area contributed by atoms with Crippen LogP contribution in [-0.2, 0) is 6.54 Å². The highest BCUT2D eigenvalue weighted by Gasteiger charge is 2.42. The Bertz CT molecular complexity index is 901. The third-order valence-electron chi connectivity index (χ3n) is 5.86. The van der Waals surface area contributed by atoms with Gasteiger partial charge in [0, 0.05) is 24.0 Å². The van der Waals surface area contributed by atoms with Gasteiger partial charge in [-0.1, -0.05) is 36.9 Å². The van der Waals surface area contributed by atoms with Crippen LogP contribution in [0, 0.1) is 24.7 Å². The van der Waals surface area contributed by atoms with Crippen LogP contribution in [0.4, 0.5) is 5.69 Å². The predicted molar refractivity (Wildman–Crippen MR) is 117 cm³/mol. The first-order valence-electron chi connectivity index (χ1n) is 9.95. The molecule has 0 radical (unpaired) electrons. The van der Waals surface area contributed by atoms with Gasteiger partial charge in [0.15, 0.2) is 0 Å². The fraction of sp³-hybridized carbons (Fsp3) is 0.375. The second-order valence-electron chi connectivity index (χ2n) is 8.27. The molecule has 2 fully saturated rings. The van der Waals surface area contributed by atoms with Gasteiger partial charge in [-0.05, 0) is 72.9 Å². The molecule has 2 aliphatic rings. The zero-order valence-corrected chi connectivity index (χ0v) is 17.1. The van der Waals surface area contributed by atoms with Crippen LogP contribution in [0.3, 0.4) is 0 Å². The first-order valence-corrected chi connectivity index (χ1v) is 10.3. The molecule has 1 aromatic heterocycles. The number of hydrogen-bond acceptors (Lipinski definition) is 3. The Labute approximate surface area is 172 Å². The lowest BCUT2D eigenvalue weighted by Crippen LogP contribution is -2.25. The molecule has 2 aliphatic carbocycles. The summed E-state index contributed by atoms with van der Waals surface area (Å²) in [5.41, 5.74) is 5.49. The van der Waals surface area contributed by atoms with E-state index in [2.05, 4.69) is 43.2 Å². The van der Waals surface area contributed by atoms with E-state index in [1.165, 1.54) is 18.4 Å². The quantitative estimate of drug-likeness (QED) is 0.543. The minimum absolute atomic E-state index is 0.143. The average molecular weight is 395 g/mol. The first-order chi connectivity index (χ1) is 13.4. The molecular weight excluding hydrogens is 368 g/mol. The molecule has 0 aliphatic heterocycles. The highest BCUT2D eigenvalue weighted by molar-refractivity contribution is 6.30. The second kappa shape index (κ2) is 7.63. The molecule has 4 rings (SSSR count). The number of aryl methyl sites for hydroxylation is 1. The van der Waals surface area contributed by atoms with Gasteiger partial charge in [-0.15, -0.1) is 0 Å². The van der Waals surface area contributed by atoms with Gasteiger partial charge in [-0.2, -0.15) is 0 Å². The van der Waals surface area contributed by atoms with Crippen LogP contribution in [-0.4, -0.2) is 16.6 Å². The lowest BCUT2D eigenvalue weighted by atomic mass is 10.0. The number of allylic oxidation sites excluding steroid dienone is 2. The highest BCUT2D eigenvalue weighted by Crippen LogP contribution is 2.50. The Balaban J connectivity index is 1.53. The SMILES string of the molecule is C=C(O)C1CC1C(=C)c1ncc(N(Cc2ccc(Cl)cc2)CC2CC2)cc1C. The van der Waals surface area contributed by atoms with E-state index < -0.39 is 0 Å². The molecule has 0 amide bonds. The van der Waals surface area contributed by atoms with Crippen molar-refractivity contribution in [2.24, 2.45) is 17.8 Å². The zero-order valence-electron chi connectivity index (χ0n) is 16.4. The predicted octanol–water partition coefficient (Wildman–Crippen LogP) is 6.18. The summed E-state index contributed by atoms with van der Waals surface area (Å²) < 4.78 is 0. The van der Waals surface area contributed by atoms with E-state index in [4.69, 9.17) is 16.6 Å². The Hall–Kier alpha value is -2.26. The molecule has 0 spiro atoms. The Kier molecular flexibility index (Phi) is 5.20. The number of benzene rings is 1. The molecule has 146 valence electrons. The average Bonchev–Trinajstić information content (AvgIpc) is 3.56. The van der Waals surface area contributed by atoms with E-state index in [9.17, 15) is 5.11 Å². The van der Waals surface area contributed by atoms with Crippen molar-refractivity contribution >= 4 is 22.9 Å². The largest absolute Gasteiger partial charge is 0.513 e. The van der Waals surface area contributed by atoms with Crippen molar-refractivity contribution in [3.05, 3.63) is 77.3 Å². The molecule has 1 N–H and O–H groups in total. The fourth-order valence-electron chi connectivity index (χ4n) is 3.88. The minimum atomic E-state index is 0.143. The highest BCUT2D eigenvalue weighted by atomic mass is 35.5. The maximum absolute atomic E-state index is 9.62. The van der Waals surface area contributed by atoms with Crippen LogP contribution >= 0.6 is 11.6 Å².